The molecule has 0 bridgehead atoms. The van der Waals surface area contributed by atoms with Crippen molar-refractivity contribution in [3.05, 3.63) is 65.2 Å². The predicted molar refractivity (Wildman–Crippen MR) is 83.3 cm³/mol. The Bertz CT molecular complexity index is 742. The fraction of sp³-hybridized carbons (Fsp3) is 0.235. The SMILES string of the molecule is Cc1ccc(C(=O)C(C)S(=O)(=O)c2ccc(C)cc2)cc1. The molecule has 0 aliphatic rings. The average Bonchev–Trinajstić information content (AvgIpc) is 2.47. The minimum atomic E-state index is -3.66. The molecule has 0 amide bonds. The van der Waals surface area contributed by atoms with Crippen molar-refractivity contribution < 1.29 is 13.2 Å². The van der Waals surface area contributed by atoms with Crippen molar-refractivity contribution in [2.24, 2.45) is 0 Å². The number of benzene rings is 2. The quantitative estimate of drug-likeness (QED) is 0.814. The highest BCUT2D eigenvalue weighted by Gasteiger charge is 2.30. The monoisotopic (exact) mass is 302 g/mol. The smallest absolute Gasteiger partial charge is 0.188 e. The summed E-state index contributed by atoms with van der Waals surface area (Å²) in [5, 5.41) is -1.09. The van der Waals surface area contributed by atoms with Gasteiger partial charge in [0.05, 0.1) is 4.90 Å². The Kier molecular flexibility index (Phi) is 4.28. The van der Waals surface area contributed by atoms with Crippen LogP contribution >= 0.6 is 0 Å². The number of aryl methyl sites for hydroxylation is 2. The molecule has 3 nitrogen and oxygen atoms in total. The number of sulfone groups is 1. The molecule has 21 heavy (non-hydrogen) atoms. The van der Waals surface area contributed by atoms with E-state index in [1.54, 1.807) is 48.5 Å². The van der Waals surface area contributed by atoms with Gasteiger partial charge in [-0.15, -0.1) is 0 Å². The maximum absolute atomic E-state index is 12.5. The van der Waals surface area contributed by atoms with Crippen LogP contribution in [-0.4, -0.2) is 19.5 Å². The molecule has 2 aromatic carbocycles. The van der Waals surface area contributed by atoms with E-state index in [0.717, 1.165) is 11.1 Å². The lowest BCUT2D eigenvalue weighted by Crippen LogP contribution is -2.27. The molecule has 4 heteroatoms. The second kappa shape index (κ2) is 5.82. The van der Waals surface area contributed by atoms with Crippen LogP contribution in [0.5, 0.6) is 0 Å². The third-order valence-electron chi connectivity index (χ3n) is 3.52. The molecule has 0 fully saturated rings. The van der Waals surface area contributed by atoms with E-state index >= 15 is 0 Å². The van der Waals surface area contributed by atoms with Crippen LogP contribution in [-0.2, 0) is 9.84 Å². The van der Waals surface area contributed by atoms with Crippen LogP contribution in [0.4, 0.5) is 0 Å². The van der Waals surface area contributed by atoms with Crippen LogP contribution in [0, 0.1) is 13.8 Å². The van der Waals surface area contributed by atoms with Gasteiger partial charge in [-0.25, -0.2) is 8.42 Å². The lowest BCUT2D eigenvalue weighted by molar-refractivity contribution is 0.0991. The Morgan fingerprint density at radius 1 is 0.857 bits per heavy atom. The fourth-order valence-corrected chi connectivity index (χ4v) is 3.37. The third-order valence-corrected chi connectivity index (χ3v) is 5.59. The molecule has 2 rings (SSSR count). The van der Waals surface area contributed by atoms with Gasteiger partial charge in [-0.3, -0.25) is 4.79 Å². The number of carbonyl (C=O) groups excluding carboxylic acids is 1. The summed E-state index contributed by atoms with van der Waals surface area (Å²) in [5.41, 5.74) is 2.43. The molecule has 0 saturated carbocycles. The second-order valence-electron chi connectivity index (χ2n) is 5.23. The lowest BCUT2D eigenvalue weighted by Gasteiger charge is -2.12. The second-order valence-corrected chi connectivity index (χ2v) is 7.50. The molecule has 2 aromatic rings. The summed E-state index contributed by atoms with van der Waals surface area (Å²) in [7, 11) is -3.66. The molecular weight excluding hydrogens is 284 g/mol. The summed E-state index contributed by atoms with van der Waals surface area (Å²) >= 11 is 0. The van der Waals surface area contributed by atoms with Crippen LogP contribution in [0.3, 0.4) is 0 Å². The van der Waals surface area contributed by atoms with E-state index < -0.39 is 15.1 Å². The standard InChI is InChI=1S/C17H18O3S/c1-12-4-8-15(9-5-12)17(18)14(3)21(19,20)16-10-6-13(2)7-11-16/h4-11,14H,1-3H3. The number of rotatable bonds is 4. The minimum absolute atomic E-state index is 0.182. The Labute approximate surface area is 125 Å². The maximum Gasteiger partial charge on any atom is 0.188 e. The first-order chi connectivity index (χ1) is 9.82. The van der Waals surface area contributed by atoms with Gasteiger partial charge >= 0.3 is 0 Å². The summed E-state index contributed by atoms with van der Waals surface area (Å²) in [6.07, 6.45) is 0. The van der Waals surface area contributed by atoms with Gasteiger partial charge in [-0.05, 0) is 32.9 Å². The highest BCUT2D eigenvalue weighted by molar-refractivity contribution is 7.92. The third kappa shape index (κ3) is 3.22. The Hall–Kier alpha value is -1.94. The van der Waals surface area contributed by atoms with Gasteiger partial charge in [0.2, 0.25) is 0 Å². The van der Waals surface area contributed by atoms with Crippen molar-refractivity contribution in [3.63, 3.8) is 0 Å². The minimum Gasteiger partial charge on any atom is -0.293 e. The zero-order valence-corrected chi connectivity index (χ0v) is 13.1. The highest BCUT2D eigenvalue weighted by Crippen LogP contribution is 2.20. The van der Waals surface area contributed by atoms with Crippen molar-refractivity contribution in [1.29, 1.82) is 0 Å². The van der Waals surface area contributed by atoms with Gasteiger partial charge in [0.15, 0.2) is 15.6 Å². The Morgan fingerprint density at radius 2 is 1.29 bits per heavy atom. The van der Waals surface area contributed by atoms with E-state index in [0.29, 0.717) is 5.56 Å². The summed E-state index contributed by atoms with van der Waals surface area (Å²) in [4.78, 5) is 12.5. The van der Waals surface area contributed by atoms with Gasteiger partial charge in [-0.1, -0.05) is 47.5 Å². The molecule has 0 heterocycles. The molecule has 0 aliphatic carbocycles. The molecular formula is C17H18O3S. The molecule has 1 unspecified atom stereocenters. The number of carbonyl (C=O) groups is 1. The zero-order valence-electron chi connectivity index (χ0n) is 12.3. The average molecular weight is 302 g/mol. The van der Waals surface area contributed by atoms with Gasteiger partial charge in [0.25, 0.3) is 0 Å². The van der Waals surface area contributed by atoms with E-state index in [-0.39, 0.29) is 10.7 Å². The molecule has 0 saturated heterocycles. The van der Waals surface area contributed by atoms with Crippen LogP contribution in [0.15, 0.2) is 53.4 Å². The maximum atomic E-state index is 12.5. The van der Waals surface area contributed by atoms with E-state index in [2.05, 4.69) is 0 Å². The highest BCUT2D eigenvalue weighted by atomic mass is 32.2. The van der Waals surface area contributed by atoms with Crippen LogP contribution in [0.25, 0.3) is 0 Å². The first kappa shape index (κ1) is 15.4. The zero-order chi connectivity index (χ0) is 15.6. The molecule has 1 atom stereocenters. The largest absolute Gasteiger partial charge is 0.293 e. The number of ketones is 1. The van der Waals surface area contributed by atoms with E-state index in [4.69, 9.17) is 0 Å². The van der Waals surface area contributed by atoms with Crippen molar-refractivity contribution >= 4 is 15.6 Å². The number of hydrogen-bond acceptors (Lipinski definition) is 3. The van der Waals surface area contributed by atoms with Gasteiger partial charge in [0.1, 0.15) is 5.25 Å². The molecule has 110 valence electrons. The summed E-state index contributed by atoms with van der Waals surface area (Å²) in [6, 6.07) is 13.5. The first-order valence-electron chi connectivity index (χ1n) is 6.74. The van der Waals surface area contributed by atoms with Gasteiger partial charge in [0, 0.05) is 5.56 Å². The van der Waals surface area contributed by atoms with E-state index in [1.165, 1.54) is 6.92 Å². The normalized spacial score (nSPS) is 12.9. The lowest BCUT2D eigenvalue weighted by atomic mass is 10.1. The number of hydrogen-bond donors (Lipinski definition) is 0. The van der Waals surface area contributed by atoms with Crippen molar-refractivity contribution in [3.8, 4) is 0 Å². The van der Waals surface area contributed by atoms with Crippen LogP contribution in [0.1, 0.15) is 28.4 Å². The molecule has 0 aliphatic heterocycles. The fourth-order valence-electron chi connectivity index (χ4n) is 2.03. The number of Topliss-reactive ketones (excluding diaryl/α,β-unsaturated/α-hetero) is 1. The van der Waals surface area contributed by atoms with Crippen LogP contribution < -0.4 is 0 Å². The summed E-state index contributed by atoms with van der Waals surface area (Å²) in [6.45, 7) is 5.25. The van der Waals surface area contributed by atoms with Gasteiger partial charge < -0.3 is 0 Å². The van der Waals surface area contributed by atoms with E-state index in [1.807, 2.05) is 13.8 Å². The van der Waals surface area contributed by atoms with Crippen LogP contribution in [0.2, 0.25) is 0 Å². The van der Waals surface area contributed by atoms with Crippen molar-refractivity contribution in [2.75, 3.05) is 0 Å². The predicted octanol–water partition coefficient (Wildman–Crippen LogP) is 3.35. The van der Waals surface area contributed by atoms with Crippen molar-refractivity contribution in [2.45, 2.75) is 30.9 Å². The van der Waals surface area contributed by atoms with E-state index in [9.17, 15) is 13.2 Å². The molecule has 0 N–H and O–H groups in total. The van der Waals surface area contributed by atoms with Crippen molar-refractivity contribution in [1.82, 2.24) is 0 Å². The van der Waals surface area contributed by atoms with Gasteiger partial charge in [-0.2, -0.15) is 0 Å². The first-order valence-corrected chi connectivity index (χ1v) is 8.28. The summed E-state index contributed by atoms with van der Waals surface area (Å²) in [5.74, 6) is -0.379. The molecule has 0 aromatic heterocycles. The Morgan fingerprint density at radius 3 is 1.76 bits per heavy atom. The molecule has 0 spiro atoms. The Balaban J connectivity index is 2.33. The summed E-state index contributed by atoms with van der Waals surface area (Å²) < 4.78 is 25.0. The molecule has 0 radical (unpaired) electrons. The topological polar surface area (TPSA) is 51.2 Å².